The molecule has 4 fully saturated rings. The first-order valence-electron chi connectivity index (χ1n) is 14.5. The highest BCUT2D eigenvalue weighted by Gasteiger charge is 2.43. The molecule has 5 unspecified atom stereocenters. The molecule has 1 amide bonds. The number of alkyl halides is 1. The Morgan fingerprint density at radius 2 is 1.83 bits per heavy atom. The number of nitrogens with one attached hydrogen (secondary N) is 3. The van der Waals surface area contributed by atoms with Gasteiger partial charge in [0.1, 0.15) is 0 Å². The van der Waals surface area contributed by atoms with Crippen molar-refractivity contribution in [2.75, 3.05) is 46.3 Å². The van der Waals surface area contributed by atoms with E-state index in [-0.39, 0.29) is 34.3 Å². The van der Waals surface area contributed by atoms with Crippen LogP contribution in [0, 0.1) is 11.3 Å². The Morgan fingerprint density at radius 3 is 2.53 bits per heavy atom. The summed E-state index contributed by atoms with van der Waals surface area (Å²) in [5.74, 6) is -0.482. The Kier molecular flexibility index (Phi) is 9.62. The Labute approximate surface area is 224 Å². The molecule has 0 bridgehead atoms. The van der Waals surface area contributed by atoms with Crippen molar-refractivity contribution >= 4 is 17.5 Å². The molecule has 4 rings (SSSR count). The summed E-state index contributed by atoms with van der Waals surface area (Å²) in [5, 5.41) is 10.7. The Bertz CT molecular complexity index is 729. The number of amides is 1. The summed E-state index contributed by atoms with van der Waals surface area (Å²) in [7, 11) is 2.21. The molecule has 7 N–H and O–H groups in total. The molecular weight excluding hydrogens is 474 g/mol. The number of nitrogens with two attached hydrogens (primary N) is 2. The molecule has 36 heavy (non-hydrogen) atoms. The lowest BCUT2D eigenvalue weighted by molar-refractivity contribution is -0.128. The summed E-state index contributed by atoms with van der Waals surface area (Å²) >= 11 is 6.68. The van der Waals surface area contributed by atoms with E-state index in [0.717, 1.165) is 58.4 Å². The molecule has 1 aliphatic carbocycles. The van der Waals surface area contributed by atoms with E-state index in [2.05, 4.69) is 46.6 Å². The fraction of sp³-hybridized carbons (Fsp3) is 0.963. The molecule has 4 aliphatic rings. The second-order valence-electron chi connectivity index (χ2n) is 12.9. The Morgan fingerprint density at radius 1 is 1.08 bits per heavy atom. The minimum absolute atomic E-state index is 0.00718. The van der Waals surface area contributed by atoms with Gasteiger partial charge in [0, 0.05) is 55.7 Å². The number of piperazine rings is 1. The molecule has 0 aromatic rings. The lowest BCUT2D eigenvalue weighted by Crippen LogP contribution is -2.67. The summed E-state index contributed by atoms with van der Waals surface area (Å²) in [6.45, 7) is 10.1. The second kappa shape index (κ2) is 12.1. The number of carbonyl (C=O) groups excluding carboxylic acids is 1. The van der Waals surface area contributed by atoms with Crippen LogP contribution in [0.25, 0.3) is 0 Å². The van der Waals surface area contributed by atoms with Crippen LogP contribution in [0.5, 0.6) is 0 Å². The highest BCUT2D eigenvalue weighted by Crippen LogP contribution is 2.46. The Hall–Kier alpha value is -0.480. The predicted octanol–water partition coefficient (Wildman–Crippen LogP) is 1.42. The van der Waals surface area contributed by atoms with Gasteiger partial charge in [0.05, 0.1) is 18.1 Å². The first-order valence-corrected chi connectivity index (χ1v) is 14.9. The summed E-state index contributed by atoms with van der Waals surface area (Å²) in [6, 6.07) is 0.312. The highest BCUT2D eigenvalue weighted by molar-refractivity contribution is 6.20. The van der Waals surface area contributed by atoms with E-state index in [0.29, 0.717) is 12.6 Å². The summed E-state index contributed by atoms with van der Waals surface area (Å²) in [4.78, 5) is 18.9. The summed E-state index contributed by atoms with van der Waals surface area (Å²) < 4.78 is 0. The van der Waals surface area contributed by atoms with Gasteiger partial charge in [-0.1, -0.05) is 19.3 Å². The van der Waals surface area contributed by atoms with E-state index in [1.54, 1.807) is 0 Å². The number of rotatable bonds is 5. The number of hydrogen-bond donors (Lipinski definition) is 5. The van der Waals surface area contributed by atoms with Crippen molar-refractivity contribution < 1.29 is 4.79 Å². The zero-order chi connectivity index (χ0) is 25.9. The van der Waals surface area contributed by atoms with Gasteiger partial charge in [-0.3, -0.25) is 14.6 Å². The lowest BCUT2D eigenvalue weighted by atomic mass is 9.65. The molecule has 3 aliphatic heterocycles. The molecule has 0 radical (unpaired) electrons. The highest BCUT2D eigenvalue weighted by atomic mass is 35.5. The fourth-order valence-electron chi connectivity index (χ4n) is 7.39. The third kappa shape index (κ3) is 6.74. The van der Waals surface area contributed by atoms with E-state index in [4.69, 9.17) is 23.1 Å². The molecule has 9 heteroatoms. The van der Waals surface area contributed by atoms with Crippen molar-refractivity contribution in [3.05, 3.63) is 0 Å². The minimum Gasteiger partial charge on any atom is -0.350 e. The van der Waals surface area contributed by atoms with Crippen LogP contribution < -0.4 is 27.4 Å². The van der Waals surface area contributed by atoms with E-state index in [9.17, 15) is 4.79 Å². The zero-order valence-electron chi connectivity index (χ0n) is 22.9. The standard InChI is InChI=1S/C27H52ClN7O/c1-26(2)18-35(14-13-34(26)3)22-8-12-31-17-21(22)33-25(36)23(24(29)30)20-15-27(9-5-4-6-10-27)11-7-19(28)16-32-20/h19-24,31-32H,4-18,29-30H2,1-3H3,(H,33,36). The average molecular weight is 526 g/mol. The van der Waals surface area contributed by atoms with Crippen LogP contribution in [-0.4, -0.2) is 97.2 Å². The van der Waals surface area contributed by atoms with Gasteiger partial charge in [-0.05, 0) is 71.4 Å². The second-order valence-corrected chi connectivity index (χ2v) is 13.5. The van der Waals surface area contributed by atoms with Crippen LogP contribution >= 0.6 is 11.6 Å². The van der Waals surface area contributed by atoms with Crippen LogP contribution in [0.15, 0.2) is 0 Å². The van der Waals surface area contributed by atoms with Crippen molar-refractivity contribution in [3.8, 4) is 0 Å². The molecule has 8 nitrogen and oxygen atoms in total. The molecule has 1 saturated carbocycles. The molecule has 208 valence electrons. The first-order chi connectivity index (χ1) is 17.1. The molecule has 0 aromatic carbocycles. The van der Waals surface area contributed by atoms with Gasteiger partial charge in [0.2, 0.25) is 5.91 Å². The van der Waals surface area contributed by atoms with E-state index >= 15 is 0 Å². The summed E-state index contributed by atoms with van der Waals surface area (Å²) in [5.41, 5.74) is 13.1. The van der Waals surface area contributed by atoms with Crippen LogP contribution in [-0.2, 0) is 4.79 Å². The van der Waals surface area contributed by atoms with Gasteiger partial charge in [-0.25, -0.2) is 0 Å². The summed E-state index contributed by atoms with van der Waals surface area (Å²) in [6.07, 6.45) is 9.72. The van der Waals surface area contributed by atoms with Crippen LogP contribution in [0.2, 0.25) is 0 Å². The van der Waals surface area contributed by atoms with E-state index < -0.39 is 12.1 Å². The van der Waals surface area contributed by atoms with Crippen molar-refractivity contribution in [1.82, 2.24) is 25.8 Å². The number of likely N-dealkylation sites (N-methyl/N-ethyl adjacent to an activating group) is 1. The number of hydrogen-bond acceptors (Lipinski definition) is 7. The van der Waals surface area contributed by atoms with E-state index in [1.165, 1.54) is 32.1 Å². The third-order valence-electron chi connectivity index (χ3n) is 9.90. The minimum atomic E-state index is -0.714. The normalized spacial score (nSPS) is 35.2. The number of piperidine rings is 1. The number of nitrogens with zero attached hydrogens (tertiary/aromatic N) is 2. The van der Waals surface area contributed by atoms with E-state index in [1.807, 2.05) is 0 Å². The van der Waals surface area contributed by atoms with Crippen LogP contribution in [0.3, 0.4) is 0 Å². The Balaban J connectivity index is 1.48. The zero-order valence-corrected chi connectivity index (χ0v) is 23.7. The molecule has 5 atom stereocenters. The van der Waals surface area contributed by atoms with Crippen molar-refractivity contribution in [3.63, 3.8) is 0 Å². The van der Waals surface area contributed by atoms with Gasteiger partial charge < -0.3 is 27.4 Å². The topological polar surface area (TPSA) is 112 Å². The predicted molar refractivity (Wildman–Crippen MR) is 148 cm³/mol. The maximum absolute atomic E-state index is 13.9. The first kappa shape index (κ1) is 28.5. The molecule has 1 spiro atoms. The van der Waals surface area contributed by atoms with Crippen LogP contribution in [0.1, 0.15) is 71.6 Å². The SMILES string of the molecule is CN1CCN(C2CCNCC2NC(=O)C(C(N)N)C2CC3(CCCCC3)CCC(Cl)CN2)CC1(C)C. The molecule has 0 aromatic heterocycles. The average Bonchev–Trinajstić information content (AvgIpc) is 2.83. The van der Waals surface area contributed by atoms with Gasteiger partial charge in [-0.2, -0.15) is 0 Å². The largest absolute Gasteiger partial charge is 0.350 e. The van der Waals surface area contributed by atoms with Crippen molar-refractivity contribution in [1.29, 1.82) is 0 Å². The van der Waals surface area contributed by atoms with Crippen molar-refractivity contribution in [2.45, 2.75) is 107 Å². The maximum atomic E-state index is 13.9. The number of carbonyl (C=O) groups is 1. The van der Waals surface area contributed by atoms with Gasteiger partial charge in [0.25, 0.3) is 0 Å². The fourth-order valence-corrected chi connectivity index (χ4v) is 7.59. The van der Waals surface area contributed by atoms with Gasteiger partial charge >= 0.3 is 0 Å². The van der Waals surface area contributed by atoms with Crippen molar-refractivity contribution in [2.24, 2.45) is 22.8 Å². The third-order valence-corrected chi connectivity index (χ3v) is 10.3. The molecule has 3 saturated heterocycles. The van der Waals surface area contributed by atoms with Crippen LogP contribution in [0.4, 0.5) is 0 Å². The van der Waals surface area contributed by atoms with Gasteiger partial charge in [-0.15, -0.1) is 11.6 Å². The maximum Gasteiger partial charge on any atom is 0.227 e. The monoisotopic (exact) mass is 525 g/mol. The quantitative estimate of drug-likeness (QED) is 0.272. The lowest BCUT2D eigenvalue weighted by Gasteiger charge is -2.50. The smallest absolute Gasteiger partial charge is 0.227 e. The molecule has 3 heterocycles. The molecular formula is C27H52ClN7O. The van der Waals surface area contributed by atoms with Gasteiger partial charge in [0.15, 0.2) is 0 Å². The number of halogens is 1.